The fourth-order valence-electron chi connectivity index (χ4n) is 2.30. The number of anilines is 4. The van der Waals surface area contributed by atoms with E-state index in [0.29, 0.717) is 21.4 Å². The van der Waals surface area contributed by atoms with Gasteiger partial charge in [-0.3, -0.25) is 0 Å². The van der Waals surface area contributed by atoms with Crippen LogP contribution in [0.3, 0.4) is 0 Å². The maximum Gasteiger partial charge on any atom is 1.00 e. The quantitative estimate of drug-likeness (QED) is 0.255. The van der Waals surface area contributed by atoms with Crippen molar-refractivity contribution in [1.82, 2.24) is 20.4 Å². The number of halogens is 3. The van der Waals surface area contributed by atoms with Crippen LogP contribution in [0.25, 0.3) is 0 Å². The van der Waals surface area contributed by atoms with E-state index in [9.17, 15) is 12.9 Å². The van der Waals surface area contributed by atoms with Crippen LogP contribution in [0.5, 0.6) is 0 Å². The van der Waals surface area contributed by atoms with Gasteiger partial charge >= 0.3 is 65.5 Å². The molecule has 0 radical (unpaired) electrons. The molecule has 0 atom stereocenters. The molecule has 0 aliphatic heterocycles. The monoisotopic (exact) mass is 504 g/mol. The van der Waals surface area contributed by atoms with Gasteiger partial charge in [0.05, 0.1) is 0 Å². The average molecular weight is 504 g/mol. The summed E-state index contributed by atoms with van der Waals surface area (Å²) in [4.78, 5) is 0. The van der Waals surface area contributed by atoms with E-state index in [-0.39, 0.29) is 51.4 Å². The van der Waals surface area contributed by atoms with Crippen molar-refractivity contribution >= 4 is 69.3 Å². The molecule has 0 aliphatic rings. The average Bonchev–Trinajstić information content (AvgIpc) is 3.43. The summed E-state index contributed by atoms with van der Waals surface area (Å²) < 4.78 is 37.4. The molecular weight excluding hydrogens is 490 g/mol. The molecule has 0 saturated heterocycles. The van der Waals surface area contributed by atoms with Crippen LogP contribution in [0.2, 0.25) is 0 Å². The molecule has 0 spiro atoms. The Labute approximate surface area is 232 Å². The molecule has 4 aromatic rings. The van der Waals surface area contributed by atoms with Crippen molar-refractivity contribution in [1.29, 1.82) is 0 Å². The molecule has 0 fully saturated rings. The first-order valence-corrected chi connectivity index (χ1v) is 10.4. The molecule has 2 aromatic carbocycles. The molecule has 16 heteroatoms. The molecule has 32 heavy (non-hydrogen) atoms. The fourth-order valence-corrected chi connectivity index (χ4v) is 3.23. The summed E-state index contributed by atoms with van der Waals surface area (Å²) in [5.74, 6) is 0. The molecule has 0 amide bonds. The van der Waals surface area contributed by atoms with Gasteiger partial charge in [-0.1, -0.05) is 53.0 Å². The van der Waals surface area contributed by atoms with E-state index >= 15 is 0 Å². The van der Waals surface area contributed by atoms with E-state index in [1.165, 1.54) is 34.3 Å². The first kappa shape index (κ1) is 26.9. The second-order valence-corrected chi connectivity index (χ2v) is 7.60. The largest absolute Gasteiger partial charge is 1.00 e. The van der Waals surface area contributed by atoms with Crippen molar-refractivity contribution < 1.29 is 74.4 Å². The van der Waals surface area contributed by atoms with E-state index in [1.54, 1.807) is 29.8 Å². The van der Waals surface area contributed by atoms with Gasteiger partial charge in [-0.2, -0.15) is 0 Å². The fraction of sp³-hybridized carbons (Fsp3) is 0. The molecule has 0 bridgehead atoms. The van der Waals surface area contributed by atoms with Crippen LogP contribution in [-0.2, 0) is 0 Å². The minimum Gasteiger partial charge on any atom is -0.445 e. The van der Waals surface area contributed by atoms with Crippen molar-refractivity contribution in [3.8, 4) is 0 Å². The standard InChI is InChI=1S/C8H6BF3N3S.C8H8BN3O2S.K/c10-9(11,12)6-2-1-3-7(4-6)14-8-15-13-5-16-8;13-9(14)6-2-1-3-7(4-6)11-8-12-10-5-15-8;/h1-5H,(H,14,15);1-5,13-14H,(H,11,12);/q-1;;+1. The molecule has 0 aliphatic carbocycles. The van der Waals surface area contributed by atoms with E-state index in [1.807, 2.05) is 6.07 Å². The summed E-state index contributed by atoms with van der Waals surface area (Å²) >= 11 is 2.60. The Morgan fingerprint density at radius 3 is 1.81 bits per heavy atom. The smallest absolute Gasteiger partial charge is 0.445 e. The molecule has 8 nitrogen and oxygen atoms in total. The predicted molar refractivity (Wildman–Crippen MR) is 118 cm³/mol. The number of nitrogens with zero attached hydrogens (tertiary/aromatic N) is 4. The van der Waals surface area contributed by atoms with Gasteiger partial charge in [0.1, 0.15) is 11.0 Å². The molecular formula is C16H14B2F3KN6O2S2. The summed E-state index contributed by atoms with van der Waals surface area (Å²) in [5, 5.41) is 39.6. The summed E-state index contributed by atoms with van der Waals surface area (Å²) in [7, 11) is -1.46. The van der Waals surface area contributed by atoms with Gasteiger partial charge in [0.25, 0.3) is 0 Å². The Hall–Kier alpha value is -1.36. The Morgan fingerprint density at radius 2 is 1.34 bits per heavy atom. The number of aromatic nitrogens is 4. The van der Waals surface area contributed by atoms with Crippen molar-refractivity contribution in [3.05, 3.63) is 59.6 Å². The van der Waals surface area contributed by atoms with E-state index in [0.717, 1.165) is 17.8 Å². The maximum atomic E-state index is 12.5. The molecule has 4 rings (SSSR count). The second kappa shape index (κ2) is 12.8. The van der Waals surface area contributed by atoms with Gasteiger partial charge in [-0.25, -0.2) is 0 Å². The zero-order chi connectivity index (χ0) is 22.3. The Bertz CT molecular complexity index is 1090. The van der Waals surface area contributed by atoms with Gasteiger partial charge in [0.2, 0.25) is 10.3 Å². The Balaban J connectivity index is 0.000000220. The van der Waals surface area contributed by atoms with E-state index < -0.39 is 19.6 Å². The van der Waals surface area contributed by atoms with Crippen LogP contribution in [0.1, 0.15) is 0 Å². The van der Waals surface area contributed by atoms with Crippen LogP contribution in [0.4, 0.5) is 34.6 Å². The first-order valence-electron chi connectivity index (χ1n) is 8.63. The minimum absolute atomic E-state index is 0. The van der Waals surface area contributed by atoms with Crippen LogP contribution in [0, 0.1) is 0 Å². The van der Waals surface area contributed by atoms with Crippen molar-refractivity contribution in [2.45, 2.75) is 0 Å². The number of benzene rings is 2. The Kier molecular flexibility index (Phi) is 10.7. The maximum absolute atomic E-state index is 12.5. The van der Waals surface area contributed by atoms with Crippen molar-refractivity contribution in [2.24, 2.45) is 0 Å². The molecule has 2 aromatic heterocycles. The molecule has 160 valence electrons. The predicted octanol–water partition coefficient (Wildman–Crippen LogP) is -0.698. The third-order valence-corrected chi connectivity index (χ3v) is 4.89. The number of nitrogens with one attached hydrogen (secondary N) is 2. The summed E-state index contributed by atoms with van der Waals surface area (Å²) in [6.07, 6.45) is 0. The number of hydrogen-bond donors (Lipinski definition) is 4. The summed E-state index contributed by atoms with van der Waals surface area (Å²) in [6, 6.07) is 11.8. The van der Waals surface area contributed by atoms with E-state index in [2.05, 4.69) is 31.0 Å². The summed E-state index contributed by atoms with van der Waals surface area (Å²) in [6.45, 7) is -4.97. The van der Waals surface area contributed by atoms with Crippen LogP contribution in [-0.4, -0.2) is 44.5 Å². The van der Waals surface area contributed by atoms with Crippen LogP contribution < -0.4 is 72.9 Å². The van der Waals surface area contributed by atoms with Gasteiger partial charge in [-0.05, 0) is 23.7 Å². The first-order chi connectivity index (χ1) is 14.8. The molecule has 0 unspecified atom stereocenters. The third kappa shape index (κ3) is 8.53. The van der Waals surface area contributed by atoms with Gasteiger partial charge < -0.3 is 33.6 Å². The van der Waals surface area contributed by atoms with Gasteiger partial charge in [0, 0.05) is 11.4 Å². The van der Waals surface area contributed by atoms with E-state index in [4.69, 9.17) is 10.0 Å². The SMILES string of the molecule is F[B-](F)(F)c1cccc(Nc2nncs2)c1.OB(O)c1cccc(Nc2nncs2)c1.[K+]. The number of hydrogen-bond acceptors (Lipinski definition) is 10. The Morgan fingerprint density at radius 1 is 0.812 bits per heavy atom. The normalized spacial score (nSPS) is 10.4. The third-order valence-electron chi connectivity index (χ3n) is 3.67. The summed E-state index contributed by atoms with van der Waals surface area (Å²) in [5.41, 5.74) is 4.03. The van der Waals surface area contributed by atoms with Gasteiger partial charge in [0.15, 0.2) is 0 Å². The molecule has 2 heterocycles. The van der Waals surface area contributed by atoms with Crippen molar-refractivity contribution in [3.63, 3.8) is 0 Å². The van der Waals surface area contributed by atoms with Crippen molar-refractivity contribution in [2.75, 3.05) is 10.6 Å². The van der Waals surface area contributed by atoms with Crippen LogP contribution in [0.15, 0.2) is 59.6 Å². The topological polar surface area (TPSA) is 116 Å². The second-order valence-electron chi connectivity index (χ2n) is 5.94. The van der Waals surface area contributed by atoms with Crippen LogP contribution >= 0.6 is 22.7 Å². The minimum atomic E-state index is -4.97. The number of rotatable bonds is 6. The van der Waals surface area contributed by atoms with Gasteiger partial charge in [-0.15, -0.1) is 25.9 Å². The molecule has 4 N–H and O–H groups in total. The molecule has 0 saturated carbocycles. The zero-order valence-corrected chi connectivity index (χ0v) is 21.3. The zero-order valence-electron chi connectivity index (χ0n) is 16.6.